The van der Waals surface area contributed by atoms with E-state index >= 15 is 0 Å². The minimum atomic E-state index is 0.0688. The van der Waals surface area contributed by atoms with Crippen molar-refractivity contribution in [1.82, 2.24) is 0 Å². The first kappa shape index (κ1) is 15.1. The van der Waals surface area contributed by atoms with Crippen molar-refractivity contribution in [2.24, 2.45) is 5.92 Å². The Morgan fingerprint density at radius 1 is 1.09 bits per heavy atom. The third-order valence-corrected chi connectivity index (χ3v) is 4.28. The Hall–Kier alpha value is -1.84. The maximum Gasteiger partial charge on any atom is 0.147 e. The van der Waals surface area contributed by atoms with E-state index in [1.54, 1.807) is 7.11 Å². The van der Waals surface area contributed by atoms with Crippen LogP contribution in [0.4, 0.5) is 0 Å². The Balaban J connectivity index is 1.80. The quantitative estimate of drug-likeness (QED) is 0.856. The summed E-state index contributed by atoms with van der Waals surface area (Å²) in [5, 5.41) is 0. The van der Waals surface area contributed by atoms with Crippen molar-refractivity contribution in [3.63, 3.8) is 0 Å². The molecule has 3 rings (SSSR count). The normalized spacial score (nSPS) is 21.5. The lowest BCUT2D eigenvalue weighted by atomic mass is 9.88. The highest BCUT2D eigenvalue weighted by Crippen LogP contribution is 2.33. The van der Waals surface area contributed by atoms with Gasteiger partial charge in [-0.1, -0.05) is 36.4 Å². The molecule has 1 fully saturated rings. The first-order chi connectivity index (χ1) is 10.8. The average Bonchev–Trinajstić information content (AvgIpc) is 2.58. The van der Waals surface area contributed by atoms with Crippen LogP contribution in [0.2, 0.25) is 0 Å². The van der Waals surface area contributed by atoms with Crippen LogP contribution in [0.15, 0.2) is 48.5 Å². The second kappa shape index (κ2) is 6.95. The predicted octanol–water partition coefficient (Wildman–Crippen LogP) is 3.91. The lowest BCUT2D eigenvalue weighted by Crippen LogP contribution is -2.29. The lowest BCUT2D eigenvalue weighted by molar-refractivity contribution is -0.172. The van der Waals surface area contributed by atoms with E-state index < -0.39 is 0 Å². The highest BCUT2D eigenvalue weighted by atomic mass is 16.7. The standard InChI is InChI=1S/C19H22O3/c1-14-5-3-4-6-16(14)11-17-12-21-13-22-19(17)15-7-9-18(20-2)10-8-15/h3-10,17,19H,11-13H2,1-2H3/t17-,19+/m1/s1. The molecule has 2 atom stereocenters. The summed E-state index contributed by atoms with van der Waals surface area (Å²) < 4.78 is 16.7. The summed E-state index contributed by atoms with van der Waals surface area (Å²) in [5.74, 6) is 1.19. The predicted molar refractivity (Wildman–Crippen MR) is 86.0 cm³/mol. The fourth-order valence-electron chi connectivity index (χ4n) is 2.99. The Bertz CT molecular complexity index is 606. The van der Waals surface area contributed by atoms with Gasteiger partial charge in [-0.05, 0) is 42.2 Å². The van der Waals surface area contributed by atoms with Crippen LogP contribution >= 0.6 is 0 Å². The minimum Gasteiger partial charge on any atom is -0.497 e. The van der Waals surface area contributed by atoms with Gasteiger partial charge >= 0.3 is 0 Å². The van der Waals surface area contributed by atoms with Gasteiger partial charge in [-0.3, -0.25) is 0 Å². The van der Waals surface area contributed by atoms with E-state index in [0.29, 0.717) is 12.7 Å². The monoisotopic (exact) mass is 298 g/mol. The van der Waals surface area contributed by atoms with Crippen LogP contribution in [-0.4, -0.2) is 20.5 Å². The van der Waals surface area contributed by atoms with Crippen LogP contribution in [0.3, 0.4) is 0 Å². The first-order valence-corrected chi connectivity index (χ1v) is 7.65. The molecular weight excluding hydrogens is 276 g/mol. The molecule has 0 N–H and O–H groups in total. The zero-order valence-electron chi connectivity index (χ0n) is 13.1. The minimum absolute atomic E-state index is 0.0688. The molecule has 0 saturated carbocycles. The van der Waals surface area contributed by atoms with Crippen LogP contribution in [-0.2, 0) is 15.9 Å². The first-order valence-electron chi connectivity index (χ1n) is 7.65. The second-order valence-electron chi connectivity index (χ2n) is 5.74. The third kappa shape index (κ3) is 3.32. The van der Waals surface area contributed by atoms with Gasteiger partial charge in [-0.2, -0.15) is 0 Å². The molecule has 0 unspecified atom stereocenters. The fraction of sp³-hybridized carbons (Fsp3) is 0.368. The van der Waals surface area contributed by atoms with Gasteiger partial charge in [0.1, 0.15) is 12.5 Å². The molecule has 0 amide bonds. The number of benzene rings is 2. The summed E-state index contributed by atoms with van der Waals surface area (Å²) in [6, 6.07) is 16.7. The van der Waals surface area contributed by atoms with Gasteiger partial charge in [0.2, 0.25) is 0 Å². The molecule has 3 heteroatoms. The van der Waals surface area contributed by atoms with Crippen LogP contribution in [0.25, 0.3) is 0 Å². The molecule has 0 radical (unpaired) electrons. The molecule has 22 heavy (non-hydrogen) atoms. The van der Waals surface area contributed by atoms with Gasteiger partial charge in [0.05, 0.1) is 19.8 Å². The smallest absolute Gasteiger partial charge is 0.147 e. The van der Waals surface area contributed by atoms with E-state index in [9.17, 15) is 0 Å². The maximum atomic E-state index is 5.90. The molecule has 1 heterocycles. The summed E-state index contributed by atoms with van der Waals surface area (Å²) >= 11 is 0. The summed E-state index contributed by atoms with van der Waals surface area (Å²) in [4.78, 5) is 0. The van der Waals surface area contributed by atoms with Crippen molar-refractivity contribution >= 4 is 0 Å². The zero-order chi connectivity index (χ0) is 15.4. The summed E-state index contributed by atoms with van der Waals surface area (Å²) in [7, 11) is 1.68. The van der Waals surface area contributed by atoms with E-state index in [1.807, 2.05) is 12.1 Å². The van der Waals surface area contributed by atoms with Crippen molar-refractivity contribution in [3.05, 3.63) is 65.2 Å². The molecule has 2 aromatic carbocycles. The lowest BCUT2D eigenvalue weighted by Gasteiger charge is -2.32. The summed E-state index contributed by atoms with van der Waals surface area (Å²) in [5.41, 5.74) is 3.87. The van der Waals surface area contributed by atoms with Crippen molar-refractivity contribution < 1.29 is 14.2 Å². The van der Waals surface area contributed by atoms with Crippen LogP contribution < -0.4 is 4.74 Å². The van der Waals surface area contributed by atoms with E-state index in [0.717, 1.165) is 18.8 Å². The largest absolute Gasteiger partial charge is 0.497 e. The van der Waals surface area contributed by atoms with Gasteiger partial charge in [-0.15, -0.1) is 0 Å². The molecule has 1 saturated heterocycles. The molecule has 0 aromatic heterocycles. The number of methoxy groups -OCH3 is 1. The molecule has 1 aliphatic heterocycles. The molecule has 0 bridgehead atoms. The van der Waals surface area contributed by atoms with Gasteiger partial charge in [-0.25, -0.2) is 0 Å². The van der Waals surface area contributed by atoms with Gasteiger partial charge in [0, 0.05) is 5.92 Å². The number of ether oxygens (including phenoxy) is 3. The fourth-order valence-corrected chi connectivity index (χ4v) is 2.99. The van der Waals surface area contributed by atoms with Crippen LogP contribution in [0, 0.1) is 12.8 Å². The van der Waals surface area contributed by atoms with Crippen molar-refractivity contribution in [2.45, 2.75) is 19.4 Å². The molecule has 1 aliphatic rings. The van der Waals surface area contributed by atoms with Gasteiger partial charge in [0.25, 0.3) is 0 Å². The molecule has 0 spiro atoms. The summed E-state index contributed by atoms with van der Waals surface area (Å²) in [6.45, 7) is 3.24. The van der Waals surface area contributed by atoms with E-state index in [-0.39, 0.29) is 6.10 Å². The van der Waals surface area contributed by atoms with Crippen molar-refractivity contribution in [3.8, 4) is 5.75 Å². The maximum absolute atomic E-state index is 5.90. The third-order valence-electron chi connectivity index (χ3n) is 4.28. The van der Waals surface area contributed by atoms with Crippen LogP contribution in [0.5, 0.6) is 5.75 Å². The topological polar surface area (TPSA) is 27.7 Å². The average molecular weight is 298 g/mol. The number of rotatable bonds is 4. The van der Waals surface area contributed by atoms with Crippen LogP contribution in [0.1, 0.15) is 22.8 Å². The van der Waals surface area contributed by atoms with E-state index in [2.05, 4.69) is 43.3 Å². The van der Waals surface area contributed by atoms with Gasteiger partial charge < -0.3 is 14.2 Å². The summed E-state index contributed by atoms with van der Waals surface area (Å²) in [6.07, 6.45) is 1.03. The Kier molecular flexibility index (Phi) is 4.76. The molecule has 3 nitrogen and oxygen atoms in total. The number of hydrogen-bond acceptors (Lipinski definition) is 3. The second-order valence-corrected chi connectivity index (χ2v) is 5.74. The SMILES string of the molecule is COc1ccc([C@@H]2OCOC[C@H]2Cc2ccccc2C)cc1. The van der Waals surface area contributed by atoms with E-state index in [1.165, 1.54) is 16.7 Å². The Morgan fingerprint density at radius 2 is 1.86 bits per heavy atom. The van der Waals surface area contributed by atoms with E-state index in [4.69, 9.17) is 14.2 Å². The zero-order valence-corrected chi connectivity index (χ0v) is 13.1. The van der Waals surface area contributed by atoms with Crippen molar-refractivity contribution in [1.29, 1.82) is 0 Å². The Morgan fingerprint density at radius 3 is 2.59 bits per heavy atom. The number of hydrogen-bond donors (Lipinski definition) is 0. The number of aryl methyl sites for hydroxylation is 1. The molecule has 2 aromatic rings. The van der Waals surface area contributed by atoms with Gasteiger partial charge in [0.15, 0.2) is 0 Å². The molecule has 116 valence electrons. The Labute approximate surface area is 131 Å². The molecule has 0 aliphatic carbocycles. The highest BCUT2D eigenvalue weighted by Gasteiger charge is 2.28. The van der Waals surface area contributed by atoms with Crippen molar-refractivity contribution in [2.75, 3.05) is 20.5 Å². The molecular formula is C19H22O3. The highest BCUT2D eigenvalue weighted by molar-refractivity contribution is 5.30.